The number of aldehydes is 1. The van der Waals surface area contributed by atoms with Crippen molar-refractivity contribution in [2.24, 2.45) is 7.05 Å². The van der Waals surface area contributed by atoms with Crippen LogP contribution in [0, 0.1) is 6.92 Å². The van der Waals surface area contributed by atoms with E-state index in [1.54, 1.807) is 13.8 Å². The summed E-state index contributed by atoms with van der Waals surface area (Å²) < 4.78 is 2.34. The highest BCUT2D eigenvalue weighted by Crippen LogP contribution is 1.96. The van der Waals surface area contributed by atoms with Crippen LogP contribution in [0.1, 0.15) is 23.0 Å². The summed E-state index contributed by atoms with van der Waals surface area (Å²) in [6.45, 7) is 3.82. The van der Waals surface area contributed by atoms with Gasteiger partial charge >= 0.3 is 5.69 Å². The van der Waals surface area contributed by atoms with Crippen LogP contribution in [0.4, 0.5) is 0 Å². The van der Waals surface area contributed by atoms with Crippen molar-refractivity contribution in [3.05, 3.63) is 32.1 Å². The summed E-state index contributed by atoms with van der Waals surface area (Å²) in [5.74, 6) is 0. The number of carbonyl (C=O) groups excluding carboxylic acids is 1. The third-order valence-corrected chi connectivity index (χ3v) is 2.28. The molecule has 1 aromatic rings. The maximum absolute atomic E-state index is 11.5. The van der Waals surface area contributed by atoms with Crippen molar-refractivity contribution in [2.75, 3.05) is 0 Å². The van der Waals surface area contributed by atoms with Crippen LogP contribution < -0.4 is 11.2 Å². The lowest BCUT2D eigenvalue weighted by Gasteiger charge is -2.10. The Morgan fingerprint density at radius 1 is 1.36 bits per heavy atom. The standard InChI is InChI=1S/C9H12N2O3/c1-4-11-6(2)7(5-12)8(13)10(3)9(11)14/h5H,4H2,1-3H3. The molecular weight excluding hydrogens is 184 g/mol. The third kappa shape index (κ3) is 1.30. The molecule has 0 aromatic carbocycles. The molecule has 76 valence electrons. The topological polar surface area (TPSA) is 61.1 Å². The van der Waals surface area contributed by atoms with Gasteiger partial charge in [-0.1, -0.05) is 0 Å². The van der Waals surface area contributed by atoms with Crippen molar-refractivity contribution < 1.29 is 4.79 Å². The first-order valence-electron chi connectivity index (χ1n) is 4.30. The molecule has 14 heavy (non-hydrogen) atoms. The molecule has 0 amide bonds. The Morgan fingerprint density at radius 2 is 1.93 bits per heavy atom. The molecule has 0 atom stereocenters. The minimum absolute atomic E-state index is 0.0500. The van der Waals surface area contributed by atoms with Crippen molar-refractivity contribution in [2.45, 2.75) is 20.4 Å². The maximum atomic E-state index is 11.5. The normalized spacial score (nSPS) is 10.2. The summed E-state index contributed by atoms with van der Waals surface area (Å²) in [6, 6.07) is 0. The van der Waals surface area contributed by atoms with Gasteiger partial charge in [0.2, 0.25) is 0 Å². The smallest absolute Gasteiger partial charge is 0.298 e. The Hall–Kier alpha value is -1.65. The molecule has 0 saturated carbocycles. The highest BCUT2D eigenvalue weighted by Gasteiger charge is 2.11. The predicted molar refractivity (Wildman–Crippen MR) is 51.7 cm³/mol. The first-order chi connectivity index (χ1) is 6.54. The summed E-state index contributed by atoms with van der Waals surface area (Å²) >= 11 is 0. The number of carbonyl (C=O) groups is 1. The van der Waals surface area contributed by atoms with Crippen molar-refractivity contribution in [1.82, 2.24) is 9.13 Å². The molecule has 0 aliphatic rings. The van der Waals surface area contributed by atoms with Gasteiger partial charge in [-0.05, 0) is 13.8 Å². The Morgan fingerprint density at radius 3 is 2.36 bits per heavy atom. The van der Waals surface area contributed by atoms with E-state index in [0.29, 0.717) is 18.5 Å². The van der Waals surface area contributed by atoms with Crippen LogP contribution in [-0.2, 0) is 13.6 Å². The van der Waals surface area contributed by atoms with E-state index in [1.165, 1.54) is 11.6 Å². The lowest BCUT2D eigenvalue weighted by Crippen LogP contribution is -2.41. The SMILES string of the molecule is CCn1c(C)c(C=O)c(=O)n(C)c1=O. The molecule has 0 spiro atoms. The van der Waals surface area contributed by atoms with Crippen LogP contribution in [0.25, 0.3) is 0 Å². The highest BCUT2D eigenvalue weighted by molar-refractivity contribution is 5.75. The molecule has 0 fully saturated rings. The number of hydrogen-bond donors (Lipinski definition) is 0. The molecule has 1 heterocycles. The van der Waals surface area contributed by atoms with Gasteiger partial charge in [-0.15, -0.1) is 0 Å². The van der Waals surface area contributed by atoms with Crippen LogP contribution in [0.15, 0.2) is 9.59 Å². The monoisotopic (exact) mass is 196 g/mol. The highest BCUT2D eigenvalue weighted by atomic mass is 16.2. The summed E-state index contributed by atoms with van der Waals surface area (Å²) in [7, 11) is 1.36. The van der Waals surface area contributed by atoms with Crippen LogP contribution in [0.5, 0.6) is 0 Å². The maximum Gasteiger partial charge on any atom is 0.330 e. The molecule has 0 saturated heterocycles. The molecule has 0 radical (unpaired) electrons. The summed E-state index contributed by atoms with van der Waals surface area (Å²) in [4.78, 5) is 33.6. The van der Waals surface area contributed by atoms with E-state index in [4.69, 9.17) is 0 Å². The fourth-order valence-electron chi connectivity index (χ4n) is 1.40. The number of aromatic nitrogens is 2. The van der Waals surface area contributed by atoms with Gasteiger partial charge in [0, 0.05) is 19.3 Å². The van der Waals surface area contributed by atoms with Crippen molar-refractivity contribution in [1.29, 1.82) is 0 Å². The van der Waals surface area contributed by atoms with Gasteiger partial charge in [0.1, 0.15) is 0 Å². The molecular formula is C9H12N2O3. The van der Waals surface area contributed by atoms with Crippen molar-refractivity contribution >= 4 is 6.29 Å². The molecule has 1 rings (SSSR count). The molecule has 0 unspecified atom stereocenters. The lowest BCUT2D eigenvalue weighted by atomic mass is 10.2. The molecule has 5 nitrogen and oxygen atoms in total. The zero-order valence-corrected chi connectivity index (χ0v) is 8.40. The summed E-state index contributed by atoms with van der Waals surface area (Å²) in [5, 5.41) is 0. The van der Waals surface area contributed by atoms with Gasteiger partial charge in [0.05, 0.1) is 5.56 Å². The van der Waals surface area contributed by atoms with Crippen LogP contribution in [0.2, 0.25) is 0 Å². The van der Waals surface area contributed by atoms with Crippen LogP contribution in [0.3, 0.4) is 0 Å². The lowest BCUT2D eigenvalue weighted by molar-refractivity contribution is 0.111. The Bertz CT molecular complexity index is 482. The second kappa shape index (κ2) is 3.61. The number of rotatable bonds is 2. The van der Waals surface area contributed by atoms with Crippen LogP contribution >= 0.6 is 0 Å². The van der Waals surface area contributed by atoms with Gasteiger partial charge in [-0.2, -0.15) is 0 Å². The quantitative estimate of drug-likeness (QED) is 0.609. The Balaban J connectivity index is 3.83. The molecule has 1 aromatic heterocycles. The van der Waals surface area contributed by atoms with E-state index < -0.39 is 5.56 Å². The fourth-order valence-corrected chi connectivity index (χ4v) is 1.40. The van der Waals surface area contributed by atoms with Gasteiger partial charge in [-0.25, -0.2) is 4.79 Å². The largest absolute Gasteiger partial charge is 0.330 e. The van der Waals surface area contributed by atoms with E-state index in [1.807, 2.05) is 0 Å². The summed E-state index contributed by atoms with van der Waals surface area (Å²) in [6.07, 6.45) is 0.489. The average Bonchev–Trinajstić information content (AvgIpc) is 2.16. The Kier molecular flexibility index (Phi) is 2.69. The Labute approximate surface area is 80.6 Å². The zero-order chi connectivity index (χ0) is 10.9. The second-order valence-corrected chi connectivity index (χ2v) is 3.01. The van der Waals surface area contributed by atoms with Gasteiger partial charge in [-0.3, -0.25) is 18.7 Å². The van der Waals surface area contributed by atoms with Gasteiger partial charge in [0.25, 0.3) is 5.56 Å². The molecule has 0 bridgehead atoms. The van der Waals surface area contributed by atoms with Crippen molar-refractivity contribution in [3.63, 3.8) is 0 Å². The van der Waals surface area contributed by atoms with Crippen molar-refractivity contribution in [3.8, 4) is 0 Å². The van der Waals surface area contributed by atoms with Gasteiger partial charge in [0.15, 0.2) is 6.29 Å². The first kappa shape index (κ1) is 10.4. The number of nitrogens with zero attached hydrogens (tertiary/aromatic N) is 2. The van der Waals surface area contributed by atoms with E-state index >= 15 is 0 Å². The predicted octanol–water partition coefficient (Wildman–Crippen LogP) is -0.312. The minimum atomic E-state index is -0.535. The van der Waals surface area contributed by atoms with E-state index in [9.17, 15) is 14.4 Å². The molecule has 0 N–H and O–H groups in total. The average molecular weight is 196 g/mol. The molecule has 0 aliphatic carbocycles. The van der Waals surface area contributed by atoms with E-state index in [2.05, 4.69) is 0 Å². The third-order valence-electron chi connectivity index (χ3n) is 2.28. The van der Waals surface area contributed by atoms with Crippen LogP contribution in [-0.4, -0.2) is 15.4 Å². The molecule has 5 heteroatoms. The molecule has 0 aliphatic heterocycles. The van der Waals surface area contributed by atoms with E-state index in [-0.39, 0.29) is 11.3 Å². The zero-order valence-electron chi connectivity index (χ0n) is 8.40. The van der Waals surface area contributed by atoms with Gasteiger partial charge < -0.3 is 0 Å². The number of hydrogen-bond acceptors (Lipinski definition) is 3. The minimum Gasteiger partial charge on any atom is -0.298 e. The fraction of sp³-hybridized carbons (Fsp3) is 0.444. The first-order valence-corrected chi connectivity index (χ1v) is 4.30. The van der Waals surface area contributed by atoms with E-state index in [0.717, 1.165) is 4.57 Å². The second-order valence-electron chi connectivity index (χ2n) is 3.01. The summed E-state index contributed by atoms with van der Waals surface area (Å²) in [5.41, 5.74) is -0.447.